The monoisotopic (exact) mass is 441 g/mol. The van der Waals surface area contributed by atoms with Crippen molar-refractivity contribution in [2.24, 2.45) is 0 Å². The minimum atomic E-state index is -4.88. The van der Waals surface area contributed by atoms with Crippen LogP contribution in [0, 0.1) is 5.82 Å². The highest BCUT2D eigenvalue weighted by molar-refractivity contribution is 5.82. The lowest BCUT2D eigenvalue weighted by Gasteiger charge is -2.37. The van der Waals surface area contributed by atoms with E-state index in [1.54, 1.807) is 24.0 Å². The summed E-state index contributed by atoms with van der Waals surface area (Å²) in [6.45, 7) is 2.63. The Labute approximate surface area is 176 Å². The number of rotatable bonds is 3. The van der Waals surface area contributed by atoms with Gasteiger partial charge in [0, 0.05) is 12.6 Å². The molecule has 1 saturated heterocycles. The molecule has 1 aromatic carbocycles. The average Bonchev–Trinajstić information content (AvgIpc) is 3.35. The van der Waals surface area contributed by atoms with Crippen LogP contribution in [0.4, 0.5) is 17.6 Å². The molecular formula is C20H23F4N5O2. The molecule has 4 rings (SSSR count). The summed E-state index contributed by atoms with van der Waals surface area (Å²) in [7, 11) is 0. The number of hydrogen-bond acceptors (Lipinski definition) is 5. The van der Waals surface area contributed by atoms with Crippen LogP contribution in [0.1, 0.15) is 49.4 Å². The average molecular weight is 441 g/mol. The lowest BCUT2D eigenvalue weighted by atomic mass is 10.0. The quantitative estimate of drug-likeness (QED) is 0.637. The van der Waals surface area contributed by atoms with Crippen molar-refractivity contribution in [3.8, 4) is 0 Å². The van der Waals surface area contributed by atoms with Crippen molar-refractivity contribution in [1.29, 1.82) is 0 Å². The number of amides is 1. The fraction of sp³-hybridized carbons (Fsp3) is 0.500. The number of hydrazine groups is 1. The van der Waals surface area contributed by atoms with Crippen LogP contribution in [0.15, 0.2) is 30.5 Å². The van der Waals surface area contributed by atoms with E-state index in [1.165, 1.54) is 22.9 Å². The molecule has 4 atom stereocenters. The summed E-state index contributed by atoms with van der Waals surface area (Å²) in [5, 5.41) is 10.1. The molecule has 7 nitrogen and oxygen atoms in total. The van der Waals surface area contributed by atoms with Gasteiger partial charge in [-0.3, -0.25) is 4.79 Å². The number of halogens is 4. The van der Waals surface area contributed by atoms with Crippen molar-refractivity contribution < 1.29 is 27.5 Å². The smallest absolute Gasteiger partial charge is 0.374 e. The van der Waals surface area contributed by atoms with Gasteiger partial charge >= 0.3 is 6.18 Å². The number of hydrogen-bond donors (Lipinski definition) is 3. The summed E-state index contributed by atoms with van der Waals surface area (Å²) >= 11 is 0. The van der Waals surface area contributed by atoms with Crippen LogP contribution in [-0.2, 0) is 16.9 Å². The molecule has 1 aromatic heterocycles. The molecule has 3 N–H and O–H groups in total. The molecule has 0 bridgehead atoms. The summed E-state index contributed by atoms with van der Waals surface area (Å²) < 4.78 is 54.4. The van der Waals surface area contributed by atoms with Crippen LogP contribution < -0.4 is 10.9 Å². The number of aliphatic hydroxyl groups is 1. The number of fused-ring (bicyclic) bond motifs is 1. The van der Waals surface area contributed by atoms with Gasteiger partial charge in [-0.1, -0.05) is 12.1 Å². The molecule has 0 spiro atoms. The van der Waals surface area contributed by atoms with Crippen LogP contribution in [-0.4, -0.2) is 44.2 Å². The van der Waals surface area contributed by atoms with Gasteiger partial charge in [-0.2, -0.15) is 13.2 Å². The number of carbonyl (C=O) groups is 1. The molecule has 2 aromatic rings. The fourth-order valence-corrected chi connectivity index (χ4v) is 4.17. The Kier molecular flexibility index (Phi) is 5.31. The second-order valence-corrected chi connectivity index (χ2v) is 8.26. The maximum absolute atomic E-state index is 13.3. The fourth-order valence-electron chi connectivity index (χ4n) is 4.17. The van der Waals surface area contributed by atoms with E-state index < -0.39 is 29.7 Å². The number of benzene rings is 1. The second kappa shape index (κ2) is 7.57. The lowest BCUT2D eigenvalue weighted by Crippen LogP contribution is -2.50. The summed E-state index contributed by atoms with van der Waals surface area (Å²) in [4.78, 5) is 18.5. The number of alkyl halides is 3. The minimum absolute atomic E-state index is 0.0868. The first-order valence-corrected chi connectivity index (χ1v) is 9.90. The van der Waals surface area contributed by atoms with Crippen molar-refractivity contribution in [2.75, 3.05) is 6.54 Å². The third-order valence-corrected chi connectivity index (χ3v) is 5.92. The Morgan fingerprint density at radius 2 is 1.90 bits per heavy atom. The van der Waals surface area contributed by atoms with Gasteiger partial charge in [-0.15, -0.1) is 0 Å². The Hall–Kier alpha value is -2.50. The molecule has 11 heteroatoms. The summed E-state index contributed by atoms with van der Waals surface area (Å²) in [6.07, 6.45) is -3.16. The van der Waals surface area contributed by atoms with Gasteiger partial charge in [0.2, 0.25) is 11.5 Å². The summed E-state index contributed by atoms with van der Waals surface area (Å²) in [5.74, 6) is -1.02. The third-order valence-electron chi connectivity index (χ3n) is 5.92. The van der Waals surface area contributed by atoms with E-state index >= 15 is 0 Å². The largest absolute Gasteiger partial charge is 0.424 e. The summed E-state index contributed by atoms with van der Waals surface area (Å²) in [6, 6.07) is 4.81. The van der Waals surface area contributed by atoms with Crippen LogP contribution in [0.5, 0.6) is 0 Å². The van der Waals surface area contributed by atoms with E-state index in [9.17, 15) is 27.5 Å². The molecule has 168 valence electrons. The van der Waals surface area contributed by atoms with E-state index in [1.807, 2.05) is 0 Å². The number of nitrogens with one attached hydrogen (secondary N) is 2. The van der Waals surface area contributed by atoms with Crippen molar-refractivity contribution in [1.82, 2.24) is 25.3 Å². The van der Waals surface area contributed by atoms with Crippen molar-refractivity contribution in [3.05, 3.63) is 53.4 Å². The molecule has 1 amide bonds. The number of imidazole rings is 1. The van der Waals surface area contributed by atoms with Crippen molar-refractivity contribution >= 4 is 5.91 Å². The van der Waals surface area contributed by atoms with Crippen molar-refractivity contribution in [3.63, 3.8) is 0 Å². The van der Waals surface area contributed by atoms with E-state index in [-0.39, 0.29) is 30.9 Å². The molecule has 31 heavy (non-hydrogen) atoms. The first-order valence-electron chi connectivity index (χ1n) is 9.90. The van der Waals surface area contributed by atoms with Crippen molar-refractivity contribution in [2.45, 2.75) is 56.7 Å². The maximum Gasteiger partial charge on any atom is 0.424 e. The predicted octanol–water partition coefficient (Wildman–Crippen LogP) is 2.30. The third kappa shape index (κ3) is 3.81. The number of carbonyl (C=O) groups excluding carboxylic acids is 1. The highest BCUT2D eigenvalue weighted by Gasteiger charge is 2.55. The van der Waals surface area contributed by atoms with Crippen LogP contribution in [0.25, 0.3) is 0 Å². The van der Waals surface area contributed by atoms with E-state index in [0.29, 0.717) is 19.0 Å². The van der Waals surface area contributed by atoms with Gasteiger partial charge in [-0.05, 0) is 38.0 Å². The number of nitrogens with zero attached hydrogens (tertiary/aromatic N) is 3. The molecule has 3 heterocycles. The van der Waals surface area contributed by atoms with Gasteiger partial charge in [-0.25, -0.2) is 20.2 Å². The minimum Gasteiger partial charge on any atom is -0.374 e. The predicted molar refractivity (Wildman–Crippen MR) is 102 cm³/mol. The first-order chi connectivity index (χ1) is 14.5. The molecule has 2 aliphatic heterocycles. The highest BCUT2D eigenvalue weighted by Crippen LogP contribution is 2.40. The Bertz CT molecular complexity index is 973. The number of aromatic nitrogens is 2. The van der Waals surface area contributed by atoms with Crippen LogP contribution >= 0.6 is 0 Å². The zero-order valence-electron chi connectivity index (χ0n) is 16.9. The Morgan fingerprint density at radius 1 is 1.23 bits per heavy atom. The normalized spacial score (nSPS) is 25.9. The van der Waals surface area contributed by atoms with Gasteiger partial charge in [0.1, 0.15) is 11.9 Å². The molecule has 0 aliphatic carbocycles. The Balaban J connectivity index is 1.49. The van der Waals surface area contributed by atoms with Crippen LogP contribution in [0.2, 0.25) is 0 Å². The first kappa shape index (κ1) is 21.7. The SMILES string of the molecule is C[C@H]1CN(C(=O)C2CC(c3ccc(F)cc3)NN2)Cc2cnc([C@@](C)(O)C(F)(F)F)n21. The molecule has 0 radical (unpaired) electrons. The van der Waals surface area contributed by atoms with Gasteiger partial charge < -0.3 is 14.6 Å². The molecule has 0 saturated carbocycles. The topological polar surface area (TPSA) is 82.4 Å². The van der Waals surface area contributed by atoms with Crippen LogP contribution in [0.3, 0.4) is 0 Å². The maximum atomic E-state index is 13.3. The molecule has 1 fully saturated rings. The van der Waals surface area contributed by atoms with Gasteiger partial charge in [0.15, 0.2) is 5.82 Å². The van der Waals surface area contributed by atoms with E-state index in [4.69, 9.17) is 0 Å². The Morgan fingerprint density at radius 3 is 2.55 bits per heavy atom. The van der Waals surface area contributed by atoms with E-state index in [2.05, 4.69) is 15.8 Å². The second-order valence-electron chi connectivity index (χ2n) is 8.26. The molecule has 2 aliphatic rings. The molecular weight excluding hydrogens is 418 g/mol. The van der Waals surface area contributed by atoms with Gasteiger partial charge in [0.25, 0.3) is 0 Å². The van der Waals surface area contributed by atoms with Gasteiger partial charge in [0.05, 0.1) is 24.5 Å². The lowest BCUT2D eigenvalue weighted by molar-refractivity contribution is -0.263. The molecule has 2 unspecified atom stereocenters. The standard InChI is InChI=1S/C20H23F4N5O2/c1-11-9-28(10-14-8-25-18(29(11)14)19(2,31)20(22,23)24)17(30)16-7-15(26-27-16)12-3-5-13(21)6-4-12/h3-6,8,11,15-16,26-27,31H,7,9-10H2,1-2H3/t11-,15?,16?,19+/m0/s1. The highest BCUT2D eigenvalue weighted by atomic mass is 19.4. The zero-order chi connectivity index (χ0) is 22.6. The summed E-state index contributed by atoms with van der Waals surface area (Å²) in [5.41, 5.74) is 4.17. The zero-order valence-corrected chi connectivity index (χ0v) is 16.9. The van der Waals surface area contributed by atoms with E-state index in [0.717, 1.165) is 5.56 Å².